The summed E-state index contributed by atoms with van der Waals surface area (Å²) >= 11 is 1.69. The molecule has 120 valence electrons. The van der Waals surface area contributed by atoms with Crippen LogP contribution in [-0.4, -0.2) is 43.7 Å². The lowest BCUT2D eigenvalue weighted by Gasteiger charge is -2.41. The number of carbonyl (C=O) groups is 2. The highest BCUT2D eigenvalue weighted by atomic mass is 32.2. The van der Waals surface area contributed by atoms with E-state index in [1.165, 1.54) is 0 Å². The fraction of sp³-hybridized carbons (Fsp3) is 0.867. The van der Waals surface area contributed by atoms with Gasteiger partial charge in [-0.25, -0.2) is 0 Å². The Morgan fingerprint density at radius 2 is 2.00 bits per heavy atom. The summed E-state index contributed by atoms with van der Waals surface area (Å²) in [7, 11) is -1.75. The first kappa shape index (κ1) is 17.0. The van der Waals surface area contributed by atoms with E-state index in [-0.39, 0.29) is 28.2 Å². The molecule has 1 amide bonds. The van der Waals surface area contributed by atoms with E-state index in [4.69, 9.17) is 4.43 Å². The Kier molecular flexibility index (Phi) is 4.90. The van der Waals surface area contributed by atoms with E-state index < -0.39 is 8.32 Å². The maximum Gasteiger partial charge on any atom is 0.225 e. The van der Waals surface area contributed by atoms with Crippen LogP contribution in [0.1, 0.15) is 33.6 Å². The molecule has 1 N–H and O–H groups in total. The van der Waals surface area contributed by atoms with Gasteiger partial charge in [-0.1, -0.05) is 20.8 Å². The van der Waals surface area contributed by atoms with E-state index in [0.29, 0.717) is 18.8 Å². The van der Waals surface area contributed by atoms with Crippen molar-refractivity contribution in [3.63, 3.8) is 0 Å². The Bertz CT molecular complexity index is 433. The zero-order valence-electron chi connectivity index (χ0n) is 13.7. The van der Waals surface area contributed by atoms with Gasteiger partial charge in [0.25, 0.3) is 0 Å². The van der Waals surface area contributed by atoms with Crippen LogP contribution in [0.25, 0.3) is 0 Å². The second-order valence-electron chi connectivity index (χ2n) is 7.55. The summed E-state index contributed by atoms with van der Waals surface area (Å²) in [5.74, 6) is 1.22. The second-order valence-corrected chi connectivity index (χ2v) is 13.6. The molecule has 2 fully saturated rings. The third kappa shape index (κ3) is 3.54. The van der Waals surface area contributed by atoms with Gasteiger partial charge in [-0.05, 0) is 24.6 Å². The third-order valence-corrected chi connectivity index (χ3v) is 11.0. The van der Waals surface area contributed by atoms with Crippen molar-refractivity contribution in [1.82, 2.24) is 5.32 Å². The Morgan fingerprint density at radius 1 is 1.33 bits per heavy atom. The second kappa shape index (κ2) is 6.05. The molecule has 2 aliphatic heterocycles. The van der Waals surface area contributed by atoms with Gasteiger partial charge in [-0.2, -0.15) is 0 Å². The highest BCUT2D eigenvalue weighted by molar-refractivity contribution is 8.01. The summed E-state index contributed by atoms with van der Waals surface area (Å²) in [6.45, 7) is 11.7. The minimum Gasteiger partial charge on any atom is -0.417 e. The van der Waals surface area contributed by atoms with Crippen molar-refractivity contribution in [2.45, 2.75) is 63.0 Å². The molecule has 0 saturated carbocycles. The lowest BCUT2D eigenvalue weighted by molar-refractivity contribution is -0.136. The number of hydrogen-bond acceptors (Lipinski definition) is 4. The maximum absolute atomic E-state index is 11.8. The lowest BCUT2D eigenvalue weighted by Crippen LogP contribution is -2.63. The summed E-state index contributed by atoms with van der Waals surface area (Å²) < 4.78 is 6.15. The van der Waals surface area contributed by atoms with Gasteiger partial charge in [0.05, 0.1) is 17.2 Å². The number of thioether (sulfide) groups is 1. The molecule has 2 rings (SSSR count). The van der Waals surface area contributed by atoms with Crippen LogP contribution >= 0.6 is 11.8 Å². The number of ketones is 1. The van der Waals surface area contributed by atoms with Crippen LogP contribution in [0.3, 0.4) is 0 Å². The molecule has 0 unspecified atom stereocenters. The number of carbonyl (C=O) groups excluding carboxylic acids is 2. The van der Waals surface area contributed by atoms with E-state index >= 15 is 0 Å². The van der Waals surface area contributed by atoms with Crippen molar-refractivity contribution >= 4 is 31.8 Å². The standard InChI is InChI=1S/C15H27NO3SSi/c1-15(2,3)21(4,5)19-8-6-10-12(16-14(10)18)13-11(17)7-9-20-13/h10,12-13H,6-9H2,1-5H3,(H,16,18)/t10-,12-,13-/m0/s1. The van der Waals surface area contributed by atoms with Crippen LogP contribution in [0.2, 0.25) is 18.1 Å². The zero-order chi connectivity index (χ0) is 15.8. The van der Waals surface area contributed by atoms with E-state index in [1.54, 1.807) is 11.8 Å². The van der Waals surface area contributed by atoms with Gasteiger partial charge in [0.2, 0.25) is 5.91 Å². The molecule has 0 aromatic heterocycles. The van der Waals surface area contributed by atoms with E-state index in [9.17, 15) is 9.59 Å². The molecule has 0 aliphatic carbocycles. The van der Waals surface area contributed by atoms with Crippen molar-refractivity contribution in [1.29, 1.82) is 0 Å². The van der Waals surface area contributed by atoms with Crippen molar-refractivity contribution in [2.75, 3.05) is 12.4 Å². The van der Waals surface area contributed by atoms with Gasteiger partial charge in [0.1, 0.15) is 5.78 Å². The zero-order valence-corrected chi connectivity index (χ0v) is 15.5. The molecule has 0 bridgehead atoms. The molecule has 0 radical (unpaired) electrons. The molecule has 6 heteroatoms. The SMILES string of the molecule is CC(C)(C)[Si](C)(C)OCC[C@@H]1C(=O)N[C@@H]1[C@H]1SCCC1=O. The van der Waals surface area contributed by atoms with Crippen molar-refractivity contribution in [3.8, 4) is 0 Å². The number of Topliss-reactive ketones (excluding diaryl/α,β-unsaturated/α-hetero) is 1. The molecule has 2 heterocycles. The number of β-lactam (4-membered cyclic amide) rings is 1. The van der Waals surface area contributed by atoms with Crippen LogP contribution in [-0.2, 0) is 14.0 Å². The largest absolute Gasteiger partial charge is 0.417 e. The van der Waals surface area contributed by atoms with Crippen LogP contribution in [0.5, 0.6) is 0 Å². The molecule has 0 aromatic carbocycles. The summed E-state index contributed by atoms with van der Waals surface area (Å²) in [5.41, 5.74) is 0. The first-order chi connectivity index (χ1) is 9.63. The van der Waals surface area contributed by atoms with E-state index in [0.717, 1.165) is 12.2 Å². The number of rotatable bonds is 5. The number of nitrogens with one attached hydrogen (secondary N) is 1. The predicted molar refractivity (Wildman–Crippen MR) is 89.1 cm³/mol. The average molecular weight is 330 g/mol. The van der Waals surface area contributed by atoms with Crippen LogP contribution < -0.4 is 5.32 Å². The van der Waals surface area contributed by atoms with Crippen molar-refractivity contribution in [3.05, 3.63) is 0 Å². The summed E-state index contributed by atoms with van der Waals surface area (Å²) in [6.07, 6.45) is 1.38. The van der Waals surface area contributed by atoms with Gasteiger partial charge >= 0.3 is 0 Å². The van der Waals surface area contributed by atoms with E-state index in [1.807, 2.05) is 0 Å². The molecular weight excluding hydrogens is 302 g/mol. The topological polar surface area (TPSA) is 55.4 Å². The Morgan fingerprint density at radius 3 is 2.48 bits per heavy atom. The van der Waals surface area contributed by atoms with Crippen molar-refractivity contribution in [2.24, 2.45) is 5.92 Å². The lowest BCUT2D eigenvalue weighted by atomic mass is 9.84. The number of amides is 1. The molecule has 21 heavy (non-hydrogen) atoms. The Hall–Kier alpha value is -0.333. The van der Waals surface area contributed by atoms with Crippen molar-refractivity contribution < 1.29 is 14.0 Å². The fourth-order valence-corrected chi connectivity index (χ4v) is 4.92. The monoisotopic (exact) mass is 329 g/mol. The third-order valence-electron chi connectivity index (χ3n) is 5.07. The molecule has 4 nitrogen and oxygen atoms in total. The molecule has 3 atom stereocenters. The Balaban J connectivity index is 1.85. The smallest absolute Gasteiger partial charge is 0.225 e. The van der Waals surface area contributed by atoms with Gasteiger partial charge < -0.3 is 9.74 Å². The highest BCUT2D eigenvalue weighted by Crippen LogP contribution is 2.38. The van der Waals surface area contributed by atoms with Crippen LogP contribution in [0.4, 0.5) is 0 Å². The quantitative estimate of drug-likeness (QED) is 0.622. The highest BCUT2D eigenvalue weighted by Gasteiger charge is 2.48. The van der Waals surface area contributed by atoms with Crippen LogP contribution in [0.15, 0.2) is 0 Å². The first-order valence-electron chi connectivity index (χ1n) is 7.72. The number of hydrogen-bond donors (Lipinski definition) is 1. The van der Waals surface area contributed by atoms with E-state index in [2.05, 4.69) is 39.2 Å². The molecule has 0 aromatic rings. The molecule has 2 aliphatic rings. The van der Waals surface area contributed by atoms with Crippen LogP contribution in [0, 0.1) is 5.92 Å². The summed E-state index contributed by atoms with van der Waals surface area (Å²) in [5, 5.41) is 3.08. The normalized spacial score (nSPS) is 30.2. The summed E-state index contributed by atoms with van der Waals surface area (Å²) in [4.78, 5) is 23.6. The summed E-state index contributed by atoms with van der Waals surface area (Å²) in [6, 6.07) is 0.0283. The molecular formula is C15H27NO3SSi. The predicted octanol–water partition coefficient (Wildman–Crippen LogP) is 2.59. The Labute approximate surface area is 132 Å². The first-order valence-corrected chi connectivity index (χ1v) is 11.7. The van der Waals surface area contributed by atoms with Gasteiger partial charge in [-0.15, -0.1) is 11.8 Å². The minimum atomic E-state index is -1.75. The maximum atomic E-state index is 11.8. The fourth-order valence-electron chi connectivity index (χ4n) is 2.52. The van der Waals surface area contributed by atoms with Gasteiger partial charge in [-0.3, -0.25) is 9.59 Å². The molecule has 0 spiro atoms. The van der Waals surface area contributed by atoms with Gasteiger partial charge in [0, 0.05) is 18.8 Å². The molecule has 2 saturated heterocycles. The average Bonchev–Trinajstić information content (AvgIpc) is 2.76. The van der Waals surface area contributed by atoms with Gasteiger partial charge in [0.15, 0.2) is 8.32 Å². The minimum absolute atomic E-state index is 0.0272.